The van der Waals surface area contributed by atoms with E-state index in [1.807, 2.05) is 13.8 Å². The van der Waals surface area contributed by atoms with Crippen molar-refractivity contribution in [1.29, 1.82) is 0 Å². The second-order valence-electron chi connectivity index (χ2n) is 6.49. The highest BCUT2D eigenvalue weighted by Gasteiger charge is 2.15. The summed E-state index contributed by atoms with van der Waals surface area (Å²) < 4.78 is 9.49. The van der Waals surface area contributed by atoms with Crippen molar-refractivity contribution in [3.05, 3.63) is 47.3 Å². The number of aryl methyl sites for hydroxylation is 2. The van der Waals surface area contributed by atoms with Gasteiger partial charge in [-0.1, -0.05) is 6.07 Å². The summed E-state index contributed by atoms with van der Waals surface area (Å²) in [6.45, 7) is 3.33. The minimum atomic E-state index is -1.07. The van der Waals surface area contributed by atoms with Gasteiger partial charge in [0.15, 0.2) is 7.06 Å². The number of fused-ring (bicyclic) bond motifs is 1. The summed E-state index contributed by atoms with van der Waals surface area (Å²) in [6.07, 6.45) is 0. The van der Waals surface area contributed by atoms with Crippen molar-refractivity contribution in [2.45, 2.75) is 13.8 Å². The predicted molar refractivity (Wildman–Crippen MR) is 102 cm³/mol. The second kappa shape index (κ2) is 7.06. The number of carboxylic acids is 1. The summed E-state index contributed by atoms with van der Waals surface area (Å²) in [5.74, 6) is -1.25. The molecule has 8 nitrogen and oxygen atoms in total. The van der Waals surface area contributed by atoms with Crippen LogP contribution < -0.4 is 5.31 Å². The van der Waals surface area contributed by atoms with Crippen molar-refractivity contribution >= 4 is 23.2 Å². The molecule has 0 aliphatic heterocycles. The number of nitrogens with one attached hydrogen (secondary N) is 1. The Hall–Kier alpha value is -3.42. The average Bonchev–Trinajstić information content (AvgIpc) is 3.04. The lowest BCUT2D eigenvalue weighted by molar-refractivity contribution is -0.134. The van der Waals surface area contributed by atoms with E-state index < -0.39 is 12.5 Å². The third-order valence-electron chi connectivity index (χ3n) is 4.11. The molecule has 3 aromatic rings. The molecular weight excluding hydrogens is 346 g/mol. The van der Waals surface area contributed by atoms with Crippen LogP contribution in [0, 0.1) is 13.8 Å². The van der Waals surface area contributed by atoms with Crippen LogP contribution in [0.5, 0.6) is 0 Å². The Morgan fingerprint density at radius 2 is 2.00 bits per heavy atom. The van der Waals surface area contributed by atoms with E-state index in [1.165, 1.54) is 4.90 Å². The first-order chi connectivity index (χ1) is 13.2. The first-order valence-corrected chi connectivity index (χ1v) is 8.35. The maximum atomic E-state index is 12.2. The van der Waals surface area contributed by atoms with Gasteiger partial charge < -0.3 is 15.3 Å². The van der Waals surface area contributed by atoms with Crippen LogP contribution in [-0.2, 0) is 4.79 Å². The number of carbonyl (C=O) groups excluding carboxylic acids is 1. The summed E-state index contributed by atoms with van der Waals surface area (Å²) in [6, 6.07) is 8.74. The lowest BCUT2D eigenvalue weighted by Crippen LogP contribution is -2.23. The minimum Gasteiger partial charge on any atom is -0.480 e. The van der Waals surface area contributed by atoms with Crippen molar-refractivity contribution in [2.24, 2.45) is 0 Å². The van der Waals surface area contributed by atoms with Gasteiger partial charge in [-0.25, -0.2) is 9.50 Å². The molecule has 2 aromatic heterocycles. The zero-order chi connectivity index (χ0) is 20.6. The van der Waals surface area contributed by atoms with Crippen molar-refractivity contribution in [1.82, 2.24) is 19.5 Å². The minimum absolute atomic E-state index is 0.178. The topological polar surface area (TPSA) is 99.8 Å². The fourth-order valence-electron chi connectivity index (χ4n) is 2.79. The fraction of sp³-hybridized carbons (Fsp3) is 0.263. The van der Waals surface area contributed by atoms with E-state index >= 15 is 0 Å². The third kappa shape index (κ3) is 3.74. The van der Waals surface area contributed by atoms with Gasteiger partial charge in [-0.05, 0) is 37.6 Å². The summed E-state index contributed by atoms with van der Waals surface area (Å²) in [5, 5.41) is 14.4. The molecule has 0 saturated carbocycles. The Morgan fingerprint density at radius 3 is 2.63 bits per heavy atom. The van der Waals surface area contributed by atoms with Gasteiger partial charge in [0.2, 0.25) is 0 Å². The van der Waals surface area contributed by atoms with Gasteiger partial charge in [-0.2, -0.15) is 5.10 Å². The molecule has 0 unspecified atom stereocenters. The average molecular weight is 368 g/mol. The Balaban J connectivity index is 2.01. The third-order valence-corrected chi connectivity index (χ3v) is 4.11. The molecule has 0 spiro atoms. The molecular formula is C19H21N5O3. The van der Waals surface area contributed by atoms with Crippen LogP contribution in [0.4, 0.5) is 5.69 Å². The Kier molecular flexibility index (Phi) is 4.45. The van der Waals surface area contributed by atoms with E-state index in [0.717, 1.165) is 22.1 Å². The largest absolute Gasteiger partial charge is 0.480 e. The molecule has 140 valence electrons. The highest BCUT2D eigenvalue weighted by atomic mass is 16.4. The first-order valence-electron chi connectivity index (χ1n) is 8.80. The smallest absolute Gasteiger partial charge is 0.322 e. The van der Waals surface area contributed by atoms with Gasteiger partial charge in [0, 0.05) is 37.1 Å². The SMILES string of the molecule is [2H]N(CC(=O)O)c1ccc(-c2cc3nc(C(=O)N(C)C)cc(C)n3n2)c(C)c1. The van der Waals surface area contributed by atoms with Gasteiger partial charge in [0.05, 0.1) is 5.69 Å². The molecule has 0 radical (unpaired) electrons. The van der Waals surface area contributed by atoms with Gasteiger partial charge >= 0.3 is 5.97 Å². The maximum Gasteiger partial charge on any atom is 0.322 e. The quantitative estimate of drug-likeness (QED) is 0.716. The van der Waals surface area contributed by atoms with Crippen LogP contribution in [0.1, 0.15) is 21.7 Å². The number of aliphatic carboxylic acids is 1. The number of anilines is 1. The molecule has 0 saturated heterocycles. The molecule has 0 aliphatic carbocycles. The van der Waals surface area contributed by atoms with Crippen molar-refractivity contribution in [2.75, 3.05) is 25.9 Å². The summed E-state index contributed by atoms with van der Waals surface area (Å²) in [7, 11) is 3.35. The molecule has 1 aromatic carbocycles. The maximum absolute atomic E-state index is 12.2. The summed E-state index contributed by atoms with van der Waals surface area (Å²) >= 11 is 0. The number of amides is 1. The van der Waals surface area contributed by atoms with Crippen molar-refractivity contribution in [3.63, 3.8) is 0 Å². The standard InChI is InChI=1S/C19H21N5O3/c1-11-7-13(20-10-18(25)26)5-6-14(11)15-9-17-21-16(19(27)23(3)4)8-12(2)24(17)22-15/h5-9,20H,10H2,1-4H3,(H,25,26)/i/hD. The molecule has 8 heteroatoms. The Labute approximate surface area is 157 Å². The van der Waals surface area contributed by atoms with Crippen LogP contribution in [0.25, 0.3) is 16.9 Å². The second-order valence-corrected chi connectivity index (χ2v) is 6.49. The van der Waals surface area contributed by atoms with Crippen molar-refractivity contribution in [3.8, 4) is 11.3 Å². The predicted octanol–water partition coefficient (Wildman–Crippen LogP) is 2.21. The number of hydrogen-bond donors (Lipinski definition) is 2. The molecule has 0 atom stereocenters. The lowest BCUT2D eigenvalue weighted by Gasteiger charge is -2.10. The molecule has 1 amide bonds. The normalized spacial score (nSPS) is 11.3. The molecule has 3 rings (SSSR count). The van der Waals surface area contributed by atoms with Gasteiger partial charge in [-0.15, -0.1) is 0 Å². The van der Waals surface area contributed by atoms with E-state index in [0.29, 0.717) is 22.7 Å². The van der Waals surface area contributed by atoms with E-state index in [4.69, 9.17) is 6.52 Å². The number of carbonyl (C=O) groups is 2. The van der Waals surface area contributed by atoms with E-state index in [2.05, 4.69) is 10.1 Å². The lowest BCUT2D eigenvalue weighted by atomic mass is 10.1. The van der Waals surface area contributed by atoms with Crippen LogP contribution >= 0.6 is 0 Å². The molecule has 2 heterocycles. The van der Waals surface area contributed by atoms with Crippen LogP contribution in [0.15, 0.2) is 30.3 Å². The molecule has 27 heavy (non-hydrogen) atoms. The summed E-state index contributed by atoms with van der Waals surface area (Å²) in [4.78, 5) is 28.9. The van der Waals surface area contributed by atoms with Gasteiger partial charge in [-0.3, -0.25) is 9.59 Å². The van der Waals surface area contributed by atoms with Crippen LogP contribution in [0.2, 0.25) is 1.41 Å². The Morgan fingerprint density at radius 1 is 1.26 bits per heavy atom. The zero-order valence-corrected chi connectivity index (χ0v) is 15.6. The highest BCUT2D eigenvalue weighted by Crippen LogP contribution is 2.26. The molecule has 0 bridgehead atoms. The number of rotatable bonds is 5. The monoisotopic (exact) mass is 368 g/mol. The first kappa shape index (κ1) is 17.0. The Bertz CT molecular complexity index is 1080. The zero-order valence-electron chi connectivity index (χ0n) is 16.6. The van der Waals surface area contributed by atoms with Crippen LogP contribution in [-0.4, -0.2) is 57.1 Å². The van der Waals surface area contributed by atoms with Crippen LogP contribution in [0.3, 0.4) is 0 Å². The number of hydrogen-bond acceptors (Lipinski definition) is 5. The molecule has 0 fully saturated rings. The fourth-order valence-corrected chi connectivity index (χ4v) is 2.79. The molecule has 2 N–H and O–H groups in total. The number of carboxylic acid groups (broad SMARTS) is 1. The van der Waals surface area contributed by atoms with E-state index in [-0.39, 0.29) is 5.91 Å². The van der Waals surface area contributed by atoms with Gasteiger partial charge in [0.25, 0.3) is 5.91 Å². The van der Waals surface area contributed by atoms with Crippen molar-refractivity contribution < 1.29 is 16.1 Å². The number of aromatic nitrogens is 3. The summed E-state index contributed by atoms with van der Waals surface area (Å²) in [5.41, 5.74) is 4.58. The van der Waals surface area contributed by atoms with E-state index in [9.17, 15) is 9.59 Å². The van der Waals surface area contributed by atoms with E-state index in [1.54, 1.807) is 48.9 Å². The molecule has 0 aliphatic rings. The number of nitrogens with zero attached hydrogens (tertiary/aromatic N) is 4. The highest BCUT2D eigenvalue weighted by molar-refractivity contribution is 5.92. The van der Waals surface area contributed by atoms with Gasteiger partial charge in [0.1, 0.15) is 12.2 Å². The number of benzene rings is 1.